The quantitative estimate of drug-likeness (QED) is 0.778. The minimum Gasteiger partial charge on any atom is -0.366 e. The number of hydrogen-bond donors (Lipinski definition) is 2. The lowest BCUT2D eigenvalue weighted by Gasteiger charge is -2.19. The van der Waals surface area contributed by atoms with E-state index in [1.165, 1.54) is 17.5 Å². The van der Waals surface area contributed by atoms with Gasteiger partial charge in [-0.25, -0.2) is 0 Å². The van der Waals surface area contributed by atoms with Gasteiger partial charge in [-0.05, 0) is 47.9 Å². The molecule has 0 bridgehead atoms. The van der Waals surface area contributed by atoms with Crippen LogP contribution in [-0.4, -0.2) is 37.8 Å². The van der Waals surface area contributed by atoms with Crippen LogP contribution < -0.4 is 11.1 Å². The summed E-state index contributed by atoms with van der Waals surface area (Å²) in [5.41, 5.74) is 6.40. The Hall–Kier alpha value is -1.76. The van der Waals surface area contributed by atoms with Crippen LogP contribution in [0.4, 0.5) is 5.82 Å². The van der Waals surface area contributed by atoms with Crippen LogP contribution in [0, 0.1) is 5.92 Å². The molecule has 1 saturated carbocycles. The fourth-order valence-corrected chi connectivity index (χ4v) is 2.43. The molecule has 0 saturated heterocycles. The van der Waals surface area contributed by atoms with E-state index >= 15 is 0 Å². The second-order valence-electron chi connectivity index (χ2n) is 4.42. The van der Waals surface area contributed by atoms with Crippen molar-refractivity contribution in [2.45, 2.75) is 25.3 Å². The first-order valence-corrected chi connectivity index (χ1v) is 5.89. The normalized spacial score (nSPS) is 24.3. The maximum Gasteiger partial charge on any atom is 0.200 e. The summed E-state index contributed by atoms with van der Waals surface area (Å²) in [5.74, 6) is 1.34. The summed E-state index contributed by atoms with van der Waals surface area (Å²) < 4.78 is 1.43. The minimum absolute atomic E-state index is 0.418. The topological polar surface area (TPSA) is 94.0 Å². The average Bonchev–Trinajstić information content (AvgIpc) is 2.96. The Morgan fingerprint density at radius 3 is 3.24 bits per heavy atom. The van der Waals surface area contributed by atoms with E-state index in [9.17, 15) is 0 Å². The Kier molecular flexibility index (Phi) is 2.60. The zero-order valence-corrected chi connectivity index (χ0v) is 9.45. The van der Waals surface area contributed by atoms with Crippen molar-refractivity contribution in [1.29, 1.82) is 0 Å². The van der Waals surface area contributed by atoms with E-state index in [1.54, 1.807) is 0 Å². The number of nitrogens with two attached hydrogens (primary N) is 1. The highest BCUT2D eigenvalue weighted by Gasteiger charge is 2.26. The number of anilines is 1. The Morgan fingerprint density at radius 2 is 2.35 bits per heavy atom. The largest absolute Gasteiger partial charge is 0.366 e. The first-order chi connectivity index (χ1) is 8.36. The average molecular weight is 233 g/mol. The molecule has 7 nitrogen and oxygen atoms in total. The van der Waals surface area contributed by atoms with Crippen molar-refractivity contribution >= 4 is 11.5 Å². The van der Waals surface area contributed by atoms with Crippen LogP contribution in [0.1, 0.15) is 19.3 Å². The lowest BCUT2D eigenvalue weighted by Crippen LogP contribution is -2.30. The highest BCUT2D eigenvalue weighted by molar-refractivity contribution is 5.42. The SMILES string of the molecule is NCC1CCCC1Nc1ccc2nnnn2n1. The molecule has 0 radical (unpaired) electrons. The van der Waals surface area contributed by atoms with Crippen LogP contribution in [-0.2, 0) is 0 Å². The first-order valence-electron chi connectivity index (χ1n) is 5.89. The van der Waals surface area contributed by atoms with Crippen molar-refractivity contribution < 1.29 is 0 Å². The lowest BCUT2D eigenvalue weighted by atomic mass is 10.0. The predicted molar refractivity (Wildman–Crippen MR) is 62.4 cm³/mol. The highest BCUT2D eigenvalue weighted by atomic mass is 15.6. The summed E-state index contributed by atoms with van der Waals surface area (Å²) in [4.78, 5) is 0. The molecule has 1 aliphatic rings. The van der Waals surface area contributed by atoms with E-state index in [1.807, 2.05) is 12.1 Å². The molecule has 2 aromatic rings. The Bertz CT molecular complexity index is 508. The molecular weight excluding hydrogens is 218 g/mol. The number of aromatic nitrogens is 5. The van der Waals surface area contributed by atoms with E-state index < -0.39 is 0 Å². The molecule has 2 atom stereocenters. The number of nitrogens with zero attached hydrogens (tertiary/aromatic N) is 5. The van der Waals surface area contributed by atoms with Gasteiger partial charge in [-0.15, -0.1) is 14.8 Å². The molecule has 0 aromatic carbocycles. The van der Waals surface area contributed by atoms with Crippen LogP contribution in [0.15, 0.2) is 12.1 Å². The van der Waals surface area contributed by atoms with E-state index in [0.717, 1.165) is 18.8 Å². The lowest BCUT2D eigenvalue weighted by molar-refractivity contribution is 0.514. The third-order valence-electron chi connectivity index (χ3n) is 3.36. The monoisotopic (exact) mass is 233 g/mol. The molecule has 17 heavy (non-hydrogen) atoms. The summed E-state index contributed by atoms with van der Waals surface area (Å²) in [5, 5.41) is 18.9. The van der Waals surface area contributed by atoms with Crippen LogP contribution in [0.3, 0.4) is 0 Å². The number of nitrogens with one attached hydrogen (secondary N) is 1. The van der Waals surface area contributed by atoms with Crippen molar-refractivity contribution in [3.8, 4) is 0 Å². The van der Waals surface area contributed by atoms with E-state index in [2.05, 4.69) is 25.9 Å². The maximum absolute atomic E-state index is 5.75. The van der Waals surface area contributed by atoms with Gasteiger partial charge in [-0.2, -0.15) is 0 Å². The molecule has 2 unspecified atom stereocenters. The van der Waals surface area contributed by atoms with Gasteiger partial charge in [0, 0.05) is 6.04 Å². The molecule has 0 amide bonds. The molecule has 1 fully saturated rings. The summed E-state index contributed by atoms with van der Waals surface area (Å²) in [6.07, 6.45) is 3.57. The molecule has 7 heteroatoms. The van der Waals surface area contributed by atoms with Crippen LogP contribution in [0.5, 0.6) is 0 Å². The smallest absolute Gasteiger partial charge is 0.200 e. The molecule has 3 rings (SSSR count). The van der Waals surface area contributed by atoms with Gasteiger partial charge in [0.1, 0.15) is 5.82 Å². The van der Waals surface area contributed by atoms with Gasteiger partial charge in [0.15, 0.2) is 5.65 Å². The molecule has 90 valence electrons. The molecule has 0 spiro atoms. The second-order valence-corrected chi connectivity index (χ2v) is 4.42. The number of hydrogen-bond acceptors (Lipinski definition) is 6. The third kappa shape index (κ3) is 1.93. The van der Waals surface area contributed by atoms with Gasteiger partial charge in [0.25, 0.3) is 0 Å². The molecule has 2 aromatic heterocycles. The predicted octanol–water partition coefficient (Wildman–Crippen LogP) is 0.0586. The molecule has 0 aliphatic heterocycles. The molecule has 1 aliphatic carbocycles. The zero-order valence-electron chi connectivity index (χ0n) is 9.45. The first kappa shape index (κ1) is 10.4. The number of tetrazole rings is 1. The van der Waals surface area contributed by atoms with E-state index in [4.69, 9.17) is 5.73 Å². The van der Waals surface area contributed by atoms with Gasteiger partial charge >= 0.3 is 0 Å². The van der Waals surface area contributed by atoms with Gasteiger partial charge < -0.3 is 11.1 Å². The van der Waals surface area contributed by atoms with Crippen LogP contribution in [0.2, 0.25) is 0 Å². The van der Waals surface area contributed by atoms with Crippen molar-refractivity contribution in [1.82, 2.24) is 25.3 Å². The van der Waals surface area contributed by atoms with Crippen LogP contribution in [0.25, 0.3) is 5.65 Å². The van der Waals surface area contributed by atoms with Gasteiger partial charge in [0.2, 0.25) is 0 Å². The Labute approximate surface area is 98.4 Å². The molecule has 2 heterocycles. The van der Waals surface area contributed by atoms with Crippen molar-refractivity contribution in [2.24, 2.45) is 11.7 Å². The van der Waals surface area contributed by atoms with Crippen molar-refractivity contribution in [2.75, 3.05) is 11.9 Å². The van der Waals surface area contributed by atoms with E-state index in [-0.39, 0.29) is 0 Å². The van der Waals surface area contributed by atoms with Gasteiger partial charge in [-0.1, -0.05) is 6.42 Å². The number of fused-ring (bicyclic) bond motifs is 1. The summed E-state index contributed by atoms with van der Waals surface area (Å²) >= 11 is 0. The van der Waals surface area contributed by atoms with Crippen molar-refractivity contribution in [3.05, 3.63) is 12.1 Å². The second kappa shape index (κ2) is 4.25. The van der Waals surface area contributed by atoms with Gasteiger partial charge in [0.05, 0.1) is 0 Å². The van der Waals surface area contributed by atoms with Crippen molar-refractivity contribution in [3.63, 3.8) is 0 Å². The highest BCUT2D eigenvalue weighted by Crippen LogP contribution is 2.27. The maximum atomic E-state index is 5.75. The fraction of sp³-hybridized carbons (Fsp3) is 0.600. The third-order valence-corrected chi connectivity index (χ3v) is 3.36. The summed E-state index contributed by atoms with van der Waals surface area (Å²) in [6.45, 7) is 0.727. The molecular formula is C10H15N7. The van der Waals surface area contributed by atoms with Gasteiger partial charge in [-0.3, -0.25) is 0 Å². The van der Waals surface area contributed by atoms with Crippen LogP contribution >= 0.6 is 0 Å². The standard InChI is InChI=1S/C10H15N7/c11-6-7-2-1-3-8(7)12-9-4-5-10-13-15-16-17(10)14-9/h4-5,7-8H,1-3,6,11H2,(H,12,14). The Balaban J connectivity index is 1.79. The zero-order chi connectivity index (χ0) is 11.7. The van der Waals surface area contributed by atoms with E-state index in [0.29, 0.717) is 17.6 Å². The number of rotatable bonds is 3. The summed E-state index contributed by atoms with van der Waals surface area (Å²) in [6, 6.07) is 4.17. The summed E-state index contributed by atoms with van der Waals surface area (Å²) in [7, 11) is 0. The fourth-order valence-electron chi connectivity index (χ4n) is 2.43. The Morgan fingerprint density at radius 1 is 1.41 bits per heavy atom. The minimum atomic E-state index is 0.418. The molecule has 3 N–H and O–H groups in total.